The van der Waals surface area contributed by atoms with Gasteiger partial charge in [0.15, 0.2) is 5.96 Å². The van der Waals surface area contributed by atoms with Crippen molar-refractivity contribution >= 4 is 29.9 Å². The largest absolute Gasteiger partial charge is 0.382 e. The van der Waals surface area contributed by atoms with Gasteiger partial charge >= 0.3 is 0 Å². The highest BCUT2D eigenvalue weighted by molar-refractivity contribution is 14.0. The van der Waals surface area contributed by atoms with Crippen LogP contribution in [0.2, 0.25) is 0 Å². The van der Waals surface area contributed by atoms with E-state index in [4.69, 9.17) is 9.47 Å². The Morgan fingerprint density at radius 1 is 0.905 bits per heavy atom. The van der Waals surface area contributed by atoms with Crippen LogP contribution < -0.4 is 10.6 Å². The van der Waals surface area contributed by atoms with Crippen molar-refractivity contribution in [1.29, 1.82) is 0 Å². The maximum absolute atomic E-state index is 5.41. The lowest BCUT2D eigenvalue weighted by atomic mass is 10.2. The third kappa shape index (κ3) is 17.9. The van der Waals surface area contributed by atoms with Crippen molar-refractivity contribution < 1.29 is 9.47 Å². The minimum atomic E-state index is 0. The number of aliphatic imine (C=N–C) groups is 1. The van der Waals surface area contributed by atoms with Crippen molar-refractivity contribution in [2.24, 2.45) is 4.99 Å². The lowest BCUT2D eigenvalue weighted by molar-refractivity contribution is 0.0689. The zero-order valence-corrected chi connectivity index (χ0v) is 16.3. The first-order valence-corrected chi connectivity index (χ1v) is 7.86. The minimum Gasteiger partial charge on any atom is -0.382 e. The maximum Gasteiger partial charge on any atom is 0.190 e. The average Bonchev–Trinajstić information content (AvgIpc) is 2.47. The Bertz CT molecular complexity index is 229. The van der Waals surface area contributed by atoms with E-state index in [0.29, 0.717) is 13.2 Å². The van der Waals surface area contributed by atoms with Gasteiger partial charge in [0.1, 0.15) is 0 Å². The zero-order chi connectivity index (χ0) is 14.9. The number of guanidine groups is 1. The Kier molecular flexibility index (Phi) is 22.0. The molecular weight excluding hydrogens is 381 g/mol. The lowest BCUT2D eigenvalue weighted by Gasteiger charge is -2.11. The van der Waals surface area contributed by atoms with E-state index in [9.17, 15) is 0 Å². The third-order valence-electron chi connectivity index (χ3n) is 2.99. The Hall–Kier alpha value is -0.0800. The van der Waals surface area contributed by atoms with Crippen molar-refractivity contribution in [3.05, 3.63) is 0 Å². The number of ether oxygens (including phenoxy) is 2. The summed E-state index contributed by atoms with van der Waals surface area (Å²) in [5, 5.41) is 6.66. The number of hydrogen-bond donors (Lipinski definition) is 2. The molecule has 0 rings (SSSR count). The second-order valence-electron chi connectivity index (χ2n) is 4.80. The number of rotatable bonds is 13. The van der Waals surface area contributed by atoms with E-state index in [1.54, 1.807) is 7.11 Å². The normalized spacial score (nSPS) is 11.1. The molecule has 5 nitrogen and oxygen atoms in total. The summed E-state index contributed by atoms with van der Waals surface area (Å²) in [6, 6.07) is 0. The molecule has 0 atom stereocenters. The SMILES string of the molecule is CCCCCCNC(=NC)NCCCCOCCOC.I. The minimum absolute atomic E-state index is 0. The Balaban J connectivity index is 0. The number of unbranched alkanes of at least 4 members (excludes halogenated alkanes) is 4. The molecule has 0 fully saturated rings. The number of nitrogens with zero attached hydrogens (tertiary/aromatic N) is 1. The first-order chi connectivity index (χ1) is 9.85. The standard InChI is InChI=1S/C15H33N3O2.HI/c1-4-5-6-7-10-17-15(16-2)18-11-8-9-12-20-14-13-19-3;/h4-14H2,1-3H3,(H2,16,17,18);1H. The fraction of sp³-hybridized carbons (Fsp3) is 0.933. The predicted molar refractivity (Wildman–Crippen MR) is 101 cm³/mol. The molecule has 6 heteroatoms. The Morgan fingerprint density at radius 2 is 1.57 bits per heavy atom. The van der Waals surface area contributed by atoms with Crippen LogP contribution in [0.4, 0.5) is 0 Å². The molecule has 0 aliphatic rings. The van der Waals surface area contributed by atoms with Crippen LogP contribution in [0.3, 0.4) is 0 Å². The van der Waals surface area contributed by atoms with Gasteiger partial charge in [0.25, 0.3) is 0 Å². The Labute approximate surface area is 147 Å². The van der Waals surface area contributed by atoms with E-state index in [1.165, 1.54) is 25.7 Å². The second kappa shape index (κ2) is 19.9. The molecule has 21 heavy (non-hydrogen) atoms. The molecule has 0 radical (unpaired) electrons. The van der Waals surface area contributed by atoms with Gasteiger partial charge in [-0.25, -0.2) is 0 Å². The topological polar surface area (TPSA) is 54.9 Å². The van der Waals surface area contributed by atoms with Crippen LogP contribution in [-0.2, 0) is 9.47 Å². The van der Waals surface area contributed by atoms with Crippen LogP contribution in [0.5, 0.6) is 0 Å². The van der Waals surface area contributed by atoms with Crippen molar-refractivity contribution in [3.63, 3.8) is 0 Å². The van der Waals surface area contributed by atoms with E-state index < -0.39 is 0 Å². The van der Waals surface area contributed by atoms with Gasteiger partial charge in [0.05, 0.1) is 13.2 Å². The van der Waals surface area contributed by atoms with Crippen molar-refractivity contribution in [2.45, 2.75) is 45.4 Å². The lowest BCUT2D eigenvalue weighted by Crippen LogP contribution is -2.38. The summed E-state index contributed by atoms with van der Waals surface area (Å²) in [6.45, 7) is 6.32. The average molecular weight is 415 g/mol. The van der Waals surface area contributed by atoms with Gasteiger partial charge in [-0.1, -0.05) is 26.2 Å². The van der Waals surface area contributed by atoms with Crippen molar-refractivity contribution in [1.82, 2.24) is 10.6 Å². The van der Waals surface area contributed by atoms with Crippen LogP contribution in [0, 0.1) is 0 Å². The van der Waals surface area contributed by atoms with Crippen LogP contribution >= 0.6 is 24.0 Å². The highest BCUT2D eigenvalue weighted by atomic mass is 127. The summed E-state index contributed by atoms with van der Waals surface area (Å²) in [7, 11) is 3.50. The molecule has 0 aromatic rings. The van der Waals surface area contributed by atoms with Crippen LogP contribution in [0.1, 0.15) is 45.4 Å². The summed E-state index contributed by atoms with van der Waals surface area (Å²) in [5.74, 6) is 0.904. The molecule has 0 saturated heterocycles. The molecular formula is C15H34IN3O2. The van der Waals surface area contributed by atoms with Gasteiger partial charge in [-0.15, -0.1) is 24.0 Å². The molecule has 0 unspecified atom stereocenters. The molecule has 0 bridgehead atoms. The molecule has 0 aliphatic carbocycles. The molecule has 128 valence electrons. The number of hydrogen-bond acceptors (Lipinski definition) is 3. The van der Waals surface area contributed by atoms with E-state index in [2.05, 4.69) is 22.5 Å². The van der Waals surface area contributed by atoms with Gasteiger partial charge in [-0.05, 0) is 19.3 Å². The quantitative estimate of drug-likeness (QED) is 0.210. The highest BCUT2D eigenvalue weighted by Gasteiger charge is 1.96. The molecule has 0 aromatic heterocycles. The predicted octanol–water partition coefficient (Wildman–Crippen LogP) is 2.79. The van der Waals surface area contributed by atoms with Crippen LogP contribution in [-0.4, -0.2) is 53.0 Å². The van der Waals surface area contributed by atoms with Crippen LogP contribution in [0.25, 0.3) is 0 Å². The number of methoxy groups -OCH3 is 1. The van der Waals surface area contributed by atoms with E-state index in [1.807, 2.05) is 7.05 Å². The van der Waals surface area contributed by atoms with E-state index in [0.717, 1.165) is 38.5 Å². The zero-order valence-electron chi connectivity index (χ0n) is 14.0. The summed E-state index contributed by atoms with van der Waals surface area (Å²) in [4.78, 5) is 4.21. The summed E-state index contributed by atoms with van der Waals surface area (Å²) in [6.07, 6.45) is 7.24. The second-order valence-corrected chi connectivity index (χ2v) is 4.80. The molecule has 0 heterocycles. The third-order valence-corrected chi connectivity index (χ3v) is 2.99. The maximum atomic E-state index is 5.41. The molecule has 0 aliphatic heterocycles. The summed E-state index contributed by atoms with van der Waals surface area (Å²) < 4.78 is 10.3. The van der Waals surface area contributed by atoms with Crippen molar-refractivity contribution in [3.8, 4) is 0 Å². The number of nitrogens with one attached hydrogen (secondary N) is 2. The fourth-order valence-corrected chi connectivity index (χ4v) is 1.76. The fourth-order valence-electron chi connectivity index (χ4n) is 1.76. The highest BCUT2D eigenvalue weighted by Crippen LogP contribution is 1.96. The number of halogens is 1. The monoisotopic (exact) mass is 415 g/mol. The summed E-state index contributed by atoms with van der Waals surface area (Å²) >= 11 is 0. The smallest absolute Gasteiger partial charge is 0.190 e. The van der Waals surface area contributed by atoms with Crippen molar-refractivity contribution in [2.75, 3.05) is 47.1 Å². The first-order valence-electron chi connectivity index (χ1n) is 7.86. The van der Waals surface area contributed by atoms with Gasteiger partial charge in [-0.2, -0.15) is 0 Å². The molecule has 0 spiro atoms. The van der Waals surface area contributed by atoms with Gasteiger partial charge in [-0.3, -0.25) is 4.99 Å². The molecule has 0 aromatic carbocycles. The molecule has 2 N–H and O–H groups in total. The Morgan fingerprint density at radius 3 is 2.14 bits per heavy atom. The molecule has 0 amide bonds. The first kappa shape index (κ1) is 23.2. The summed E-state index contributed by atoms with van der Waals surface area (Å²) in [5.41, 5.74) is 0. The van der Waals surface area contributed by atoms with E-state index in [-0.39, 0.29) is 24.0 Å². The van der Waals surface area contributed by atoms with Crippen LogP contribution in [0.15, 0.2) is 4.99 Å². The molecule has 0 saturated carbocycles. The van der Waals surface area contributed by atoms with Gasteiger partial charge in [0.2, 0.25) is 0 Å². The van der Waals surface area contributed by atoms with E-state index >= 15 is 0 Å². The van der Waals surface area contributed by atoms with Gasteiger partial charge < -0.3 is 20.1 Å². The van der Waals surface area contributed by atoms with Gasteiger partial charge in [0, 0.05) is 33.9 Å².